The Morgan fingerprint density at radius 2 is 2.14 bits per heavy atom. The lowest BCUT2D eigenvalue weighted by Gasteiger charge is -2.06. The zero-order valence-corrected chi connectivity index (χ0v) is 9.21. The van der Waals surface area contributed by atoms with Gasteiger partial charge in [0, 0.05) is 4.47 Å². The molecule has 0 aliphatic heterocycles. The van der Waals surface area contributed by atoms with Crippen molar-refractivity contribution in [1.29, 1.82) is 0 Å². The number of phenolic OH excluding ortho intramolecular Hbond substituents is 1. The third-order valence-electron chi connectivity index (χ3n) is 2.05. The highest BCUT2D eigenvalue weighted by Crippen LogP contribution is 2.35. The van der Waals surface area contributed by atoms with Crippen LogP contribution in [0.1, 0.15) is 5.56 Å². The minimum Gasteiger partial charge on any atom is -0.507 e. The van der Waals surface area contributed by atoms with Gasteiger partial charge in [-0.25, -0.2) is 0 Å². The quantitative estimate of drug-likeness (QED) is 0.840. The first kappa shape index (κ1) is 9.34. The van der Waals surface area contributed by atoms with Crippen molar-refractivity contribution in [3.63, 3.8) is 0 Å². The summed E-state index contributed by atoms with van der Waals surface area (Å²) in [4.78, 5) is 0. The fourth-order valence-electron chi connectivity index (χ4n) is 1.47. The number of furan rings is 1. The molecule has 0 aliphatic carbocycles. The first-order valence-electron chi connectivity index (χ1n) is 4.21. The van der Waals surface area contributed by atoms with E-state index in [9.17, 15) is 5.11 Å². The van der Waals surface area contributed by atoms with Crippen LogP contribution in [0.15, 0.2) is 39.4 Å². The topological polar surface area (TPSA) is 33.4 Å². The predicted octanol–water partition coefficient (Wildman–Crippen LogP) is 3.72. The normalized spacial score (nSPS) is 10.4. The molecule has 0 unspecified atom stereocenters. The first-order valence-corrected chi connectivity index (χ1v) is 5.01. The third-order valence-corrected chi connectivity index (χ3v) is 2.50. The molecule has 1 N–H and O–H groups in total. The number of aromatic hydroxyl groups is 1. The van der Waals surface area contributed by atoms with Crippen molar-refractivity contribution >= 4 is 15.9 Å². The molecule has 3 heteroatoms. The Balaban J connectivity index is 2.64. The summed E-state index contributed by atoms with van der Waals surface area (Å²) in [6, 6.07) is 7.23. The summed E-state index contributed by atoms with van der Waals surface area (Å²) in [5.74, 6) is 0.916. The van der Waals surface area contributed by atoms with E-state index in [1.807, 2.05) is 19.1 Å². The van der Waals surface area contributed by atoms with Gasteiger partial charge in [-0.2, -0.15) is 0 Å². The van der Waals surface area contributed by atoms with Crippen LogP contribution < -0.4 is 0 Å². The van der Waals surface area contributed by atoms with Crippen LogP contribution in [0.2, 0.25) is 0 Å². The monoisotopic (exact) mass is 252 g/mol. The Hall–Kier alpha value is -1.22. The molecule has 0 saturated carbocycles. The molecule has 1 heterocycles. The summed E-state index contributed by atoms with van der Waals surface area (Å²) in [7, 11) is 0. The molecule has 0 saturated heterocycles. The molecule has 0 fully saturated rings. The Bertz CT molecular complexity index is 423. The summed E-state index contributed by atoms with van der Waals surface area (Å²) in [5, 5.41) is 9.75. The fraction of sp³-hybridized carbons (Fsp3) is 0.0909. The van der Waals surface area contributed by atoms with E-state index in [0.717, 1.165) is 15.6 Å². The molecule has 2 rings (SSSR count). The smallest absolute Gasteiger partial charge is 0.137 e. The third kappa shape index (κ3) is 1.55. The molecule has 0 spiro atoms. The lowest BCUT2D eigenvalue weighted by atomic mass is 10.1. The maximum Gasteiger partial charge on any atom is 0.137 e. The van der Waals surface area contributed by atoms with E-state index in [0.29, 0.717) is 5.76 Å². The second kappa shape index (κ2) is 3.50. The Morgan fingerprint density at radius 1 is 1.36 bits per heavy atom. The van der Waals surface area contributed by atoms with Crippen LogP contribution >= 0.6 is 15.9 Å². The lowest BCUT2D eigenvalue weighted by Crippen LogP contribution is -1.82. The summed E-state index contributed by atoms with van der Waals surface area (Å²) in [6.07, 6.45) is 1.59. The summed E-state index contributed by atoms with van der Waals surface area (Å²) < 4.78 is 6.11. The van der Waals surface area contributed by atoms with Gasteiger partial charge in [0.15, 0.2) is 0 Å². The van der Waals surface area contributed by atoms with Gasteiger partial charge >= 0.3 is 0 Å². The van der Waals surface area contributed by atoms with Crippen molar-refractivity contribution in [3.8, 4) is 17.1 Å². The average Bonchev–Trinajstić information content (AvgIpc) is 2.54. The second-order valence-corrected chi connectivity index (χ2v) is 4.01. The van der Waals surface area contributed by atoms with E-state index in [1.54, 1.807) is 18.4 Å². The van der Waals surface area contributed by atoms with Gasteiger partial charge in [-0.05, 0) is 36.8 Å². The number of phenols is 1. The number of rotatable bonds is 1. The average molecular weight is 253 g/mol. The molecule has 72 valence electrons. The van der Waals surface area contributed by atoms with Gasteiger partial charge in [0.05, 0.1) is 11.8 Å². The van der Waals surface area contributed by atoms with E-state index in [-0.39, 0.29) is 5.75 Å². The van der Waals surface area contributed by atoms with Crippen molar-refractivity contribution in [2.45, 2.75) is 6.92 Å². The van der Waals surface area contributed by atoms with Crippen LogP contribution in [-0.4, -0.2) is 5.11 Å². The zero-order valence-electron chi connectivity index (χ0n) is 7.62. The largest absolute Gasteiger partial charge is 0.507 e. The van der Waals surface area contributed by atoms with Gasteiger partial charge in [0.2, 0.25) is 0 Å². The molecule has 0 aliphatic rings. The predicted molar refractivity (Wildman–Crippen MR) is 58.2 cm³/mol. The van der Waals surface area contributed by atoms with Crippen molar-refractivity contribution in [3.05, 3.63) is 40.6 Å². The van der Waals surface area contributed by atoms with Crippen LogP contribution in [-0.2, 0) is 0 Å². The van der Waals surface area contributed by atoms with Gasteiger partial charge < -0.3 is 9.52 Å². The van der Waals surface area contributed by atoms with E-state index in [4.69, 9.17) is 4.42 Å². The number of aryl methyl sites for hydroxylation is 1. The molecule has 2 nitrogen and oxygen atoms in total. The van der Waals surface area contributed by atoms with Gasteiger partial charge in [-0.1, -0.05) is 15.9 Å². The van der Waals surface area contributed by atoms with Crippen molar-refractivity contribution in [1.82, 2.24) is 0 Å². The van der Waals surface area contributed by atoms with Crippen LogP contribution in [0, 0.1) is 6.92 Å². The fourth-order valence-corrected chi connectivity index (χ4v) is 2.03. The molecule has 0 radical (unpaired) electrons. The van der Waals surface area contributed by atoms with Crippen LogP contribution in [0.25, 0.3) is 11.3 Å². The summed E-state index contributed by atoms with van der Waals surface area (Å²) in [5.41, 5.74) is 1.73. The van der Waals surface area contributed by atoms with E-state index >= 15 is 0 Å². The van der Waals surface area contributed by atoms with Gasteiger partial charge in [-0.15, -0.1) is 0 Å². The van der Waals surface area contributed by atoms with Crippen LogP contribution in [0.4, 0.5) is 0 Å². The first-order chi connectivity index (χ1) is 6.68. The Labute approximate surface area is 90.3 Å². The van der Waals surface area contributed by atoms with E-state index in [1.165, 1.54) is 0 Å². The number of hydrogen-bond acceptors (Lipinski definition) is 2. The minimum absolute atomic E-state index is 0.229. The molecular formula is C11H9BrO2. The molecule has 0 amide bonds. The summed E-state index contributed by atoms with van der Waals surface area (Å²) >= 11 is 3.32. The molecule has 14 heavy (non-hydrogen) atoms. The molecule has 2 aromatic rings. The second-order valence-electron chi connectivity index (χ2n) is 3.09. The molecule has 0 atom stereocenters. The standard InChI is InChI=1S/C11H9BrO2/c1-7-5-8(12)6-9(13)11(7)10-3-2-4-14-10/h2-6,13H,1H3. The molecule has 0 bridgehead atoms. The Kier molecular flexibility index (Phi) is 2.33. The zero-order chi connectivity index (χ0) is 10.1. The Morgan fingerprint density at radius 3 is 2.71 bits per heavy atom. The van der Waals surface area contributed by atoms with Crippen LogP contribution in [0.3, 0.4) is 0 Å². The number of hydrogen-bond donors (Lipinski definition) is 1. The van der Waals surface area contributed by atoms with E-state index < -0.39 is 0 Å². The van der Waals surface area contributed by atoms with Crippen molar-refractivity contribution in [2.24, 2.45) is 0 Å². The van der Waals surface area contributed by atoms with Crippen LogP contribution in [0.5, 0.6) is 5.75 Å². The molecule has 1 aromatic heterocycles. The van der Waals surface area contributed by atoms with Gasteiger partial charge in [-0.3, -0.25) is 0 Å². The molecule has 1 aromatic carbocycles. The SMILES string of the molecule is Cc1cc(Br)cc(O)c1-c1ccco1. The van der Waals surface area contributed by atoms with Gasteiger partial charge in [0.1, 0.15) is 11.5 Å². The maximum absolute atomic E-state index is 9.75. The van der Waals surface area contributed by atoms with Gasteiger partial charge in [0.25, 0.3) is 0 Å². The molecular weight excluding hydrogens is 244 g/mol. The summed E-state index contributed by atoms with van der Waals surface area (Å²) in [6.45, 7) is 1.93. The highest BCUT2D eigenvalue weighted by molar-refractivity contribution is 9.10. The maximum atomic E-state index is 9.75. The number of benzene rings is 1. The van der Waals surface area contributed by atoms with Crippen molar-refractivity contribution < 1.29 is 9.52 Å². The van der Waals surface area contributed by atoms with Crippen molar-refractivity contribution in [2.75, 3.05) is 0 Å². The minimum atomic E-state index is 0.229. The lowest BCUT2D eigenvalue weighted by molar-refractivity contribution is 0.473. The highest BCUT2D eigenvalue weighted by atomic mass is 79.9. The van der Waals surface area contributed by atoms with E-state index in [2.05, 4.69) is 15.9 Å². The highest BCUT2D eigenvalue weighted by Gasteiger charge is 2.10. The number of halogens is 1.